The molecule has 2 aromatic carbocycles. The molecule has 0 aliphatic carbocycles. The van der Waals surface area contributed by atoms with Crippen LogP contribution in [0, 0.1) is 0 Å². The fourth-order valence-electron chi connectivity index (χ4n) is 3.98. The van der Waals surface area contributed by atoms with Crippen molar-refractivity contribution in [2.24, 2.45) is 0 Å². The van der Waals surface area contributed by atoms with Gasteiger partial charge in [0.05, 0.1) is 28.6 Å². The number of halogens is 2. The molecular formula is C25H22F2N2O5S. The largest absolute Gasteiger partial charge is 0.459 e. The highest BCUT2D eigenvalue weighted by atomic mass is 32.2. The second-order valence-corrected chi connectivity index (χ2v) is 10.3. The minimum absolute atomic E-state index is 0.0536. The third kappa shape index (κ3) is 4.49. The van der Waals surface area contributed by atoms with Gasteiger partial charge in [-0.25, -0.2) is 8.42 Å². The molecule has 10 heteroatoms. The summed E-state index contributed by atoms with van der Waals surface area (Å²) in [5.74, 6) is -5.67. The van der Waals surface area contributed by atoms with Gasteiger partial charge in [-0.1, -0.05) is 24.8 Å². The maximum atomic E-state index is 14.3. The highest BCUT2D eigenvalue weighted by Crippen LogP contribution is 2.41. The maximum absolute atomic E-state index is 14.3. The van der Waals surface area contributed by atoms with Crippen LogP contribution in [0.3, 0.4) is 0 Å². The van der Waals surface area contributed by atoms with Gasteiger partial charge < -0.3 is 14.2 Å². The Hall–Kier alpha value is -3.79. The number of hydrogen-bond donors (Lipinski definition) is 0. The van der Waals surface area contributed by atoms with Gasteiger partial charge in [0.1, 0.15) is 0 Å². The van der Waals surface area contributed by atoms with Gasteiger partial charge in [0.2, 0.25) is 0 Å². The van der Waals surface area contributed by atoms with Crippen LogP contribution in [0.4, 0.5) is 20.2 Å². The van der Waals surface area contributed by atoms with Crippen molar-refractivity contribution < 1.29 is 31.2 Å². The number of anilines is 2. The molecule has 2 amide bonds. The zero-order valence-corrected chi connectivity index (χ0v) is 19.8. The minimum atomic E-state index is -3.79. The third-order valence-corrected chi connectivity index (χ3v) is 6.90. The van der Waals surface area contributed by atoms with Crippen molar-refractivity contribution in [1.82, 2.24) is 0 Å². The number of sulfone groups is 1. The van der Waals surface area contributed by atoms with E-state index in [2.05, 4.69) is 6.58 Å². The molecule has 4 rings (SSSR count). The number of fused-ring (bicyclic) bond motifs is 1. The Labute approximate surface area is 201 Å². The van der Waals surface area contributed by atoms with Crippen molar-refractivity contribution in [2.45, 2.75) is 23.8 Å². The molecule has 1 aliphatic heterocycles. The summed E-state index contributed by atoms with van der Waals surface area (Å²) in [6.45, 7) is 4.58. The van der Waals surface area contributed by atoms with E-state index >= 15 is 0 Å². The summed E-state index contributed by atoms with van der Waals surface area (Å²) < 4.78 is 57.4. The van der Waals surface area contributed by atoms with Gasteiger partial charge in [0.15, 0.2) is 15.6 Å². The normalized spacial score (nSPS) is 16.1. The molecular weight excluding hydrogens is 478 g/mol. The summed E-state index contributed by atoms with van der Waals surface area (Å²) in [6, 6.07) is 13.1. The average Bonchev–Trinajstić information content (AvgIpc) is 3.37. The Morgan fingerprint density at radius 2 is 1.74 bits per heavy atom. The first-order valence-corrected chi connectivity index (χ1v) is 12.5. The minimum Gasteiger partial charge on any atom is -0.459 e. The Morgan fingerprint density at radius 3 is 2.31 bits per heavy atom. The predicted octanol–water partition coefficient (Wildman–Crippen LogP) is 4.55. The molecule has 1 atom stereocenters. The number of benzene rings is 2. The van der Waals surface area contributed by atoms with Crippen LogP contribution in [0.5, 0.6) is 0 Å². The Kier molecular flexibility index (Phi) is 6.10. The molecule has 0 fully saturated rings. The Balaban J connectivity index is 1.84. The first-order valence-electron chi connectivity index (χ1n) is 10.6. The Bertz CT molecular complexity index is 1400. The fraction of sp³-hybridized carbons (Fsp3) is 0.200. The van der Waals surface area contributed by atoms with Crippen LogP contribution in [-0.2, 0) is 14.6 Å². The van der Waals surface area contributed by atoms with Crippen molar-refractivity contribution in [3.8, 4) is 11.1 Å². The quantitative estimate of drug-likeness (QED) is 0.480. The number of alkyl halides is 2. The lowest BCUT2D eigenvalue weighted by atomic mass is 9.99. The molecule has 7 nitrogen and oxygen atoms in total. The molecule has 0 N–H and O–H groups in total. The molecule has 1 aliphatic rings. The van der Waals surface area contributed by atoms with Crippen molar-refractivity contribution >= 4 is 33.0 Å². The van der Waals surface area contributed by atoms with E-state index in [1.54, 1.807) is 37.3 Å². The van der Waals surface area contributed by atoms with Gasteiger partial charge >= 0.3 is 11.8 Å². The van der Waals surface area contributed by atoms with Crippen LogP contribution in [-0.4, -0.2) is 45.0 Å². The lowest BCUT2D eigenvalue weighted by Crippen LogP contribution is -2.55. The van der Waals surface area contributed by atoms with Crippen LogP contribution in [0.1, 0.15) is 17.5 Å². The smallest absolute Gasteiger partial charge is 0.343 e. The van der Waals surface area contributed by atoms with Crippen LogP contribution < -0.4 is 9.80 Å². The van der Waals surface area contributed by atoms with E-state index in [4.69, 9.17) is 4.42 Å². The number of hydrogen-bond acceptors (Lipinski definition) is 5. The summed E-state index contributed by atoms with van der Waals surface area (Å²) in [5.41, 5.74) is 1.60. The standard InChI is InChI=1S/C25H22F2N2O5S/c1-4-25(26,27)24(31)29-16(2)15-28(23(30)22-6-5-13-34-22)21-14-18(9-12-20(21)29)17-7-10-19(11-8-17)35(3,32)33/h4-14,16H,1,15H2,2-3H3/t16-/m0/s1. The number of nitrogens with zero attached hydrogens (tertiary/aromatic N) is 2. The van der Waals surface area contributed by atoms with E-state index in [0.29, 0.717) is 17.2 Å². The summed E-state index contributed by atoms with van der Waals surface area (Å²) in [5, 5.41) is 0. The molecule has 35 heavy (non-hydrogen) atoms. The first-order chi connectivity index (χ1) is 16.4. The lowest BCUT2D eigenvalue weighted by Gasteiger charge is -2.41. The predicted molar refractivity (Wildman–Crippen MR) is 127 cm³/mol. The molecule has 0 bridgehead atoms. The van der Waals surface area contributed by atoms with Crippen molar-refractivity contribution in [3.63, 3.8) is 0 Å². The van der Waals surface area contributed by atoms with Crippen LogP contribution in [0.2, 0.25) is 0 Å². The fourth-order valence-corrected chi connectivity index (χ4v) is 4.61. The molecule has 0 spiro atoms. The monoisotopic (exact) mass is 500 g/mol. The molecule has 182 valence electrons. The summed E-state index contributed by atoms with van der Waals surface area (Å²) >= 11 is 0. The van der Waals surface area contributed by atoms with Crippen molar-refractivity contribution in [2.75, 3.05) is 22.6 Å². The number of amides is 2. The number of carbonyl (C=O) groups is 2. The Morgan fingerprint density at radius 1 is 1.09 bits per heavy atom. The topological polar surface area (TPSA) is 87.9 Å². The van der Waals surface area contributed by atoms with Gasteiger partial charge in [0.25, 0.3) is 5.91 Å². The van der Waals surface area contributed by atoms with Crippen LogP contribution >= 0.6 is 0 Å². The molecule has 2 heterocycles. The molecule has 0 saturated carbocycles. The summed E-state index contributed by atoms with van der Waals surface area (Å²) in [4.78, 5) is 28.4. The number of rotatable bonds is 5. The highest BCUT2D eigenvalue weighted by Gasteiger charge is 2.45. The lowest BCUT2D eigenvalue weighted by molar-refractivity contribution is -0.136. The van der Waals surface area contributed by atoms with Gasteiger partial charge in [-0.15, -0.1) is 0 Å². The van der Waals surface area contributed by atoms with Crippen LogP contribution in [0.15, 0.2) is 82.8 Å². The van der Waals surface area contributed by atoms with E-state index in [9.17, 15) is 26.8 Å². The second kappa shape index (κ2) is 8.77. The van der Waals surface area contributed by atoms with E-state index < -0.39 is 33.6 Å². The molecule has 0 unspecified atom stereocenters. The average molecular weight is 501 g/mol. The van der Waals surface area contributed by atoms with Gasteiger partial charge in [-0.2, -0.15) is 8.78 Å². The van der Waals surface area contributed by atoms with E-state index in [1.807, 2.05) is 0 Å². The number of carbonyl (C=O) groups excluding carboxylic acids is 2. The molecule has 1 aromatic heterocycles. The molecule has 0 radical (unpaired) electrons. The van der Waals surface area contributed by atoms with Crippen LogP contribution in [0.25, 0.3) is 11.1 Å². The van der Waals surface area contributed by atoms with E-state index in [0.717, 1.165) is 11.2 Å². The molecule has 3 aromatic rings. The summed E-state index contributed by atoms with van der Waals surface area (Å²) in [7, 11) is -3.39. The van der Waals surface area contributed by atoms with Gasteiger partial charge in [-0.05, 0) is 60.5 Å². The van der Waals surface area contributed by atoms with E-state index in [1.165, 1.54) is 35.4 Å². The first kappa shape index (κ1) is 24.3. The zero-order chi connectivity index (χ0) is 25.5. The van der Waals surface area contributed by atoms with Crippen molar-refractivity contribution in [3.05, 3.63) is 79.3 Å². The van der Waals surface area contributed by atoms with Crippen molar-refractivity contribution in [1.29, 1.82) is 0 Å². The summed E-state index contributed by atoms with van der Waals surface area (Å²) in [6.07, 6.45) is 2.74. The third-order valence-electron chi connectivity index (χ3n) is 5.77. The zero-order valence-electron chi connectivity index (χ0n) is 18.9. The van der Waals surface area contributed by atoms with Gasteiger partial charge in [0, 0.05) is 12.8 Å². The highest BCUT2D eigenvalue weighted by molar-refractivity contribution is 7.90. The maximum Gasteiger partial charge on any atom is 0.343 e. The van der Waals surface area contributed by atoms with Gasteiger partial charge in [-0.3, -0.25) is 9.59 Å². The molecule has 0 saturated heterocycles. The SMILES string of the molecule is C=CC(F)(F)C(=O)N1c2ccc(-c3ccc(S(C)(=O)=O)cc3)cc2N(C(=O)c2ccco2)C[C@@H]1C. The number of furan rings is 1. The van der Waals surface area contributed by atoms with E-state index in [-0.39, 0.29) is 28.6 Å². The second-order valence-electron chi connectivity index (χ2n) is 8.24.